The third kappa shape index (κ3) is 5.35. The van der Waals surface area contributed by atoms with Crippen molar-refractivity contribution in [2.24, 2.45) is 17.0 Å². The number of allylic oxidation sites excluding steroid dienone is 1. The van der Waals surface area contributed by atoms with Crippen molar-refractivity contribution < 1.29 is 14.6 Å². The summed E-state index contributed by atoms with van der Waals surface area (Å²) in [6.45, 7) is 2.18. The van der Waals surface area contributed by atoms with Gasteiger partial charge in [-0.3, -0.25) is 0 Å². The van der Waals surface area contributed by atoms with Crippen LogP contribution >= 0.6 is 0 Å². The van der Waals surface area contributed by atoms with E-state index in [4.69, 9.17) is 10.3 Å². The number of nitrogens with zero attached hydrogens (tertiary/aromatic N) is 3. The number of carboxylic acids is 1. The molecule has 0 amide bonds. The molecule has 0 saturated heterocycles. The van der Waals surface area contributed by atoms with Crippen LogP contribution in [-0.4, -0.2) is 34.0 Å². The maximum Gasteiger partial charge on any atom is 0.339 e. The average molecular weight is 514 g/mol. The lowest BCUT2D eigenvalue weighted by atomic mass is 9.86. The zero-order chi connectivity index (χ0) is 26.6. The van der Waals surface area contributed by atoms with Crippen LogP contribution in [0.5, 0.6) is 5.75 Å². The van der Waals surface area contributed by atoms with Gasteiger partial charge in [-0.25, -0.2) is 15.0 Å². The second kappa shape index (κ2) is 11.2. The van der Waals surface area contributed by atoms with E-state index in [1.807, 2.05) is 36.4 Å². The van der Waals surface area contributed by atoms with Crippen LogP contribution in [0.4, 0.5) is 0 Å². The summed E-state index contributed by atoms with van der Waals surface area (Å²) in [5.74, 6) is 0.375. The number of hydrogen-bond donors (Lipinski definition) is 3. The van der Waals surface area contributed by atoms with E-state index in [2.05, 4.69) is 34.6 Å². The van der Waals surface area contributed by atoms with Crippen LogP contribution in [0.3, 0.4) is 0 Å². The van der Waals surface area contributed by atoms with Crippen LogP contribution in [0.2, 0.25) is 0 Å². The summed E-state index contributed by atoms with van der Waals surface area (Å²) >= 11 is 0. The van der Waals surface area contributed by atoms with Crippen LogP contribution in [0.1, 0.15) is 67.4 Å². The second-order valence-electron chi connectivity index (χ2n) is 10.4. The molecule has 1 heterocycles. The Morgan fingerprint density at radius 2 is 1.92 bits per heavy atom. The number of carbonyl (C=O) groups is 1. The molecule has 0 aliphatic heterocycles. The summed E-state index contributed by atoms with van der Waals surface area (Å²) in [5, 5.41) is 20.9. The topological polar surface area (TPSA) is 113 Å². The maximum atomic E-state index is 12.0. The van der Waals surface area contributed by atoms with Crippen molar-refractivity contribution in [1.82, 2.24) is 15.1 Å². The first-order valence-electron chi connectivity index (χ1n) is 13.4. The predicted molar refractivity (Wildman–Crippen MR) is 146 cm³/mol. The molecular formula is C30H35N5O3. The molecule has 198 valence electrons. The van der Waals surface area contributed by atoms with Crippen molar-refractivity contribution in [2.45, 2.75) is 57.5 Å². The van der Waals surface area contributed by atoms with Crippen LogP contribution in [0.25, 0.3) is 16.8 Å². The number of rotatable bonds is 10. The molecule has 2 aromatic carbocycles. The first-order valence-corrected chi connectivity index (χ1v) is 13.4. The number of carboxylic acid groups (broad SMARTS) is 1. The van der Waals surface area contributed by atoms with Crippen molar-refractivity contribution in [3.05, 3.63) is 77.9 Å². The zero-order valence-electron chi connectivity index (χ0n) is 21.9. The van der Waals surface area contributed by atoms with Crippen molar-refractivity contribution in [2.75, 3.05) is 7.05 Å². The van der Waals surface area contributed by atoms with E-state index >= 15 is 0 Å². The van der Waals surface area contributed by atoms with E-state index in [1.54, 1.807) is 17.9 Å². The molecule has 2 aliphatic carbocycles. The minimum atomic E-state index is -1.01. The Labute approximate surface area is 223 Å². The van der Waals surface area contributed by atoms with Crippen LogP contribution in [0.15, 0.2) is 71.7 Å². The van der Waals surface area contributed by atoms with Gasteiger partial charge in [0.2, 0.25) is 0 Å². The minimum absolute atomic E-state index is 0.0170. The number of nitrogens with one attached hydrogen (secondary N) is 2. The van der Waals surface area contributed by atoms with E-state index in [9.17, 15) is 9.90 Å². The first kappa shape index (κ1) is 25.7. The maximum absolute atomic E-state index is 12.0. The molecule has 8 heteroatoms. The number of hydrogen-bond acceptors (Lipinski definition) is 6. The molecule has 3 atom stereocenters. The number of ether oxygens (including phenoxy) is 1. The summed E-state index contributed by atoms with van der Waals surface area (Å²) in [4.78, 5) is 12.0. The Balaban J connectivity index is 1.42. The second-order valence-corrected chi connectivity index (χ2v) is 10.4. The standard InChI is InChI=1S/C30H35N5O3/c1-19(20-8-4-3-5-9-20)38-24-13-7-11-22(15-24)21-10-6-12-23(14-21)35-29(27(17-33-35)30(36)37)26-16-25(26)28(34-31)18-32-2/h6-7,10-15,17-20,25-26,31-32H,3-5,8-9,16H2,1-2H3,(H,36,37)/b28-18-,34-31?/t19-,25+,26-/m0/s1. The monoisotopic (exact) mass is 513 g/mol. The van der Waals surface area contributed by atoms with Gasteiger partial charge >= 0.3 is 5.97 Å². The van der Waals surface area contributed by atoms with Gasteiger partial charge in [0, 0.05) is 25.1 Å². The Morgan fingerprint density at radius 3 is 2.63 bits per heavy atom. The van der Waals surface area contributed by atoms with Gasteiger partial charge in [0.25, 0.3) is 0 Å². The molecule has 2 saturated carbocycles. The van der Waals surface area contributed by atoms with Crippen molar-refractivity contribution in [3.8, 4) is 22.6 Å². The van der Waals surface area contributed by atoms with Crippen LogP contribution in [0, 0.1) is 17.4 Å². The molecule has 2 aliphatic rings. The lowest BCUT2D eigenvalue weighted by Crippen LogP contribution is -2.25. The van der Waals surface area contributed by atoms with Gasteiger partial charge in [0.05, 0.1) is 29.4 Å². The van der Waals surface area contributed by atoms with Crippen molar-refractivity contribution in [3.63, 3.8) is 0 Å². The average Bonchev–Trinajstić information content (AvgIpc) is 3.60. The molecule has 5 rings (SSSR count). The normalized spacial score (nSPS) is 20.5. The summed E-state index contributed by atoms with van der Waals surface area (Å²) < 4.78 is 8.09. The third-order valence-electron chi connectivity index (χ3n) is 7.87. The van der Waals surface area contributed by atoms with Crippen molar-refractivity contribution >= 4 is 5.97 Å². The van der Waals surface area contributed by atoms with Crippen LogP contribution in [-0.2, 0) is 0 Å². The van der Waals surface area contributed by atoms with Gasteiger partial charge in [0.15, 0.2) is 0 Å². The van der Waals surface area contributed by atoms with E-state index in [-0.39, 0.29) is 23.5 Å². The molecule has 3 N–H and O–H groups in total. The number of aromatic nitrogens is 2. The molecule has 0 unspecified atom stereocenters. The molecule has 0 radical (unpaired) electrons. The Morgan fingerprint density at radius 1 is 1.18 bits per heavy atom. The van der Waals surface area contributed by atoms with Gasteiger partial charge < -0.3 is 15.2 Å². The molecule has 1 aromatic heterocycles. The Hall–Kier alpha value is -3.94. The fourth-order valence-electron chi connectivity index (χ4n) is 5.76. The third-order valence-corrected chi connectivity index (χ3v) is 7.87. The van der Waals surface area contributed by atoms with Gasteiger partial charge in [-0.2, -0.15) is 10.2 Å². The van der Waals surface area contributed by atoms with Gasteiger partial charge in [-0.15, -0.1) is 0 Å². The highest BCUT2D eigenvalue weighted by atomic mass is 16.5. The van der Waals surface area contributed by atoms with E-state index in [1.165, 1.54) is 38.3 Å². The molecular weight excluding hydrogens is 478 g/mol. The lowest BCUT2D eigenvalue weighted by Gasteiger charge is -2.28. The smallest absolute Gasteiger partial charge is 0.339 e. The van der Waals surface area contributed by atoms with E-state index < -0.39 is 5.97 Å². The molecule has 3 aromatic rings. The number of benzene rings is 2. The molecule has 8 nitrogen and oxygen atoms in total. The van der Waals surface area contributed by atoms with Gasteiger partial charge in [-0.05, 0) is 67.5 Å². The lowest BCUT2D eigenvalue weighted by molar-refractivity contribution is 0.0695. The van der Waals surface area contributed by atoms with E-state index in [0.29, 0.717) is 17.3 Å². The molecule has 0 spiro atoms. The summed E-state index contributed by atoms with van der Waals surface area (Å²) in [7, 11) is 1.76. The highest BCUT2D eigenvalue weighted by molar-refractivity contribution is 5.89. The van der Waals surface area contributed by atoms with E-state index in [0.717, 1.165) is 29.0 Å². The van der Waals surface area contributed by atoms with Gasteiger partial charge in [-0.1, -0.05) is 43.5 Å². The van der Waals surface area contributed by atoms with Gasteiger partial charge in [0.1, 0.15) is 11.3 Å². The summed E-state index contributed by atoms with van der Waals surface area (Å²) in [6, 6.07) is 16.1. The highest BCUT2D eigenvalue weighted by Crippen LogP contribution is 2.53. The predicted octanol–water partition coefficient (Wildman–Crippen LogP) is 6.78. The summed E-state index contributed by atoms with van der Waals surface area (Å²) in [6.07, 6.45) is 10.4. The highest BCUT2D eigenvalue weighted by Gasteiger charge is 2.46. The first-order chi connectivity index (χ1) is 18.5. The summed E-state index contributed by atoms with van der Waals surface area (Å²) in [5.41, 5.74) is 11.8. The Kier molecular flexibility index (Phi) is 7.58. The number of aromatic carboxylic acids is 1. The quantitative estimate of drug-likeness (QED) is 0.259. The molecule has 38 heavy (non-hydrogen) atoms. The van der Waals surface area contributed by atoms with Crippen LogP contribution < -0.4 is 10.1 Å². The fourth-order valence-corrected chi connectivity index (χ4v) is 5.76. The molecule has 2 fully saturated rings. The largest absolute Gasteiger partial charge is 0.490 e. The fraction of sp³-hybridized carbons (Fsp3) is 0.400. The molecule has 0 bridgehead atoms. The van der Waals surface area contributed by atoms with Crippen molar-refractivity contribution in [1.29, 1.82) is 5.53 Å². The minimum Gasteiger partial charge on any atom is -0.490 e. The SMILES string of the molecule is CN/C=C(\N=N)[C@@H]1C[C@@H]1c1c(C(=O)O)cnn1-c1cccc(-c2cccc(O[C@@H](C)C3CCCCC3)c2)c1. The zero-order valence-corrected chi connectivity index (χ0v) is 21.9. The Bertz CT molecular complexity index is 1340.